The number of nitriles is 1. The summed E-state index contributed by atoms with van der Waals surface area (Å²) < 4.78 is 0. The van der Waals surface area contributed by atoms with E-state index in [1.54, 1.807) is 6.07 Å². The van der Waals surface area contributed by atoms with Crippen LogP contribution in [0.5, 0.6) is 0 Å². The van der Waals surface area contributed by atoms with Crippen LogP contribution in [0.1, 0.15) is 11.1 Å². The Hall–Kier alpha value is -3.00. The van der Waals surface area contributed by atoms with E-state index in [9.17, 15) is 0 Å². The first kappa shape index (κ1) is 12.1. The van der Waals surface area contributed by atoms with Crippen LogP contribution >= 0.6 is 0 Å². The lowest BCUT2D eigenvalue weighted by Gasteiger charge is -2.01. The number of aryl methyl sites for hydroxylation is 1. The van der Waals surface area contributed by atoms with E-state index < -0.39 is 0 Å². The average molecular weight is 261 g/mol. The first-order chi connectivity index (χ1) is 9.78. The standard InChI is InChI=1S/C15H11N5/c1-11-9-14(8-7-13(11)10-16)20-18-15(17-19-20)12-5-3-2-4-6-12/h2-9H,1H3. The molecule has 20 heavy (non-hydrogen) atoms. The Bertz CT molecular complexity index is 784. The van der Waals surface area contributed by atoms with Crippen molar-refractivity contribution in [2.45, 2.75) is 6.92 Å². The van der Waals surface area contributed by atoms with Crippen LogP contribution in [0, 0.1) is 18.3 Å². The van der Waals surface area contributed by atoms with Crippen molar-refractivity contribution in [1.82, 2.24) is 20.2 Å². The molecule has 0 aliphatic heterocycles. The molecule has 0 radical (unpaired) electrons. The average Bonchev–Trinajstić information content (AvgIpc) is 2.98. The quantitative estimate of drug-likeness (QED) is 0.710. The van der Waals surface area contributed by atoms with Crippen LogP contribution in [0.25, 0.3) is 17.1 Å². The fraction of sp³-hybridized carbons (Fsp3) is 0.0667. The maximum absolute atomic E-state index is 8.93. The highest BCUT2D eigenvalue weighted by molar-refractivity contribution is 5.53. The second-order valence-corrected chi connectivity index (χ2v) is 4.38. The third-order valence-corrected chi connectivity index (χ3v) is 3.01. The van der Waals surface area contributed by atoms with Crippen LogP contribution in [-0.2, 0) is 0 Å². The molecule has 0 atom stereocenters. The van der Waals surface area contributed by atoms with Gasteiger partial charge in [-0.15, -0.1) is 15.0 Å². The van der Waals surface area contributed by atoms with Gasteiger partial charge in [0.05, 0.1) is 17.3 Å². The number of benzene rings is 2. The topological polar surface area (TPSA) is 67.4 Å². The Morgan fingerprint density at radius 3 is 2.60 bits per heavy atom. The van der Waals surface area contributed by atoms with E-state index in [1.165, 1.54) is 4.80 Å². The highest BCUT2D eigenvalue weighted by Gasteiger charge is 2.07. The minimum Gasteiger partial charge on any atom is -0.192 e. The molecular weight excluding hydrogens is 250 g/mol. The van der Waals surface area contributed by atoms with Crippen LogP contribution < -0.4 is 0 Å². The van der Waals surface area contributed by atoms with Crippen molar-refractivity contribution in [3.8, 4) is 23.1 Å². The number of tetrazole rings is 1. The second kappa shape index (κ2) is 4.94. The van der Waals surface area contributed by atoms with Crippen molar-refractivity contribution in [2.75, 3.05) is 0 Å². The fourth-order valence-corrected chi connectivity index (χ4v) is 1.92. The van der Waals surface area contributed by atoms with Gasteiger partial charge in [-0.1, -0.05) is 30.3 Å². The van der Waals surface area contributed by atoms with Crippen molar-refractivity contribution in [3.05, 3.63) is 59.7 Å². The zero-order valence-corrected chi connectivity index (χ0v) is 10.9. The van der Waals surface area contributed by atoms with Crippen molar-refractivity contribution >= 4 is 0 Å². The SMILES string of the molecule is Cc1cc(-n2nnc(-c3ccccc3)n2)ccc1C#N. The highest BCUT2D eigenvalue weighted by Crippen LogP contribution is 2.15. The molecule has 0 unspecified atom stereocenters. The molecule has 2 aromatic carbocycles. The van der Waals surface area contributed by atoms with Gasteiger partial charge < -0.3 is 0 Å². The van der Waals surface area contributed by atoms with Gasteiger partial charge in [0, 0.05) is 5.56 Å². The molecule has 5 heteroatoms. The predicted octanol–water partition coefficient (Wildman–Crippen LogP) is 2.51. The Morgan fingerprint density at radius 2 is 1.90 bits per heavy atom. The summed E-state index contributed by atoms with van der Waals surface area (Å²) in [7, 11) is 0. The first-order valence-electron chi connectivity index (χ1n) is 6.14. The molecule has 0 saturated heterocycles. The largest absolute Gasteiger partial charge is 0.205 e. The number of hydrogen-bond acceptors (Lipinski definition) is 4. The van der Waals surface area contributed by atoms with Gasteiger partial charge in [-0.25, -0.2) is 0 Å². The second-order valence-electron chi connectivity index (χ2n) is 4.38. The summed E-state index contributed by atoms with van der Waals surface area (Å²) in [6.45, 7) is 1.89. The zero-order chi connectivity index (χ0) is 13.9. The summed E-state index contributed by atoms with van der Waals surface area (Å²) in [5, 5.41) is 21.4. The molecule has 0 aliphatic rings. The van der Waals surface area contributed by atoms with Crippen LogP contribution in [0.2, 0.25) is 0 Å². The first-order valence-corrected chi connectivity index (χ1v) is 6.14. The van der Waals surface area contributed by atoms with E-state index in [-0.39, 0.29) is 0 Å². The molecule has 5 nitrogen and oxygen atoms in total. The highest BCUT2D eigenvalue weighted by atomic mass is 15.6. The van der Waals surface area contributed by atoms with Crippen LogP contribution in [0.15, 0.2) is 48.5 Å². The van der Waals surface area contributed by atoms with Crippen molar-refractivity contribution in [1.29, 1.82) is 5.26 Å². The van der Waals surface area contributed by atoms with Crippen molar-refractivity contribution in [2.24, 2.45) is 0 Å². The lowest BCUT2D eigenvalue weighted by atomic mass is 10.1. The van der Waals surface area contributed by atoms with E-state index in [0.717, 1.165) is 16.8 Å². The van der Waals surface area contributed by atoms with E-state index in [4.69, 9.17) is 5.26 Å². The molecule has 0 fully saturated rings. The van der Waals surface area contributed by atoms with Crippen LogP contribution in [-0.4, -0.2) is 20.2 Å². The van der Waals surface area contributed by atoms with Gasteiger partial charge in [0.2, 0.25) is 5.82 Å². The maximum Gasteiger partial charge on any atom is 0.205 e. The summed E-state index contributed by atoms with van der Waals surface area (Å²) in [5.74, 6) is 0.576. The zero-order valence-electron chi connectivity index (χ0n) is 10.9. The summed E-state index contributed by atoms with van der Waals surface area (Å²) in [5.41, 5.74) is 3.25. The van der Waals surface area contributed by atoms with Gasteiger partial charge in [0.15, 0.2) is 0 Å². The molecule has 0 N–H and O–H groups in total. The van der Waals surface area contributed by atoms with Crippen molar-refractivity contribution in [3.63, 3.8) is 0 Å². The molecule has 0 spiro atoms. The number of hydrogen-bond donors (Lipinski definition) is 0. The number of nitrogens with zero attached hydrogens (tertiary/aromatic N) is 5. The van der Waals surface area contributed by atoms with E-state index >= 15 is 0 Å². The Balaban J connectivity index is 1.99. The minimum absolute atomic E-state index is 0.576. The van der Waals surface area contributed by atoms with Gasteiger partial charge in [0.25, 0.3) is 0 Å². The Labute approximate surface area is 116 Å². The van der Waals surface area contributed by atoms with Crippen LogP contribution in [0.3, 0.4) is 0 Å². The molecule has 0 aliphatic carbocycles. The molecular formula is C15H11N5. The Kier molecular flexibility index (Phi) is 2.98. The molecule has 1 heterocycles. The van der Waals surface area contributed by atoms with Gasteiger partial charge in [-0.3, -0.25) is 0 Å². The van der Waals surface area contributed by atoms with E-state index in [1.807, 2.05) is 49.4 Å². The molecule has 1 aromatic heterocycles. The summed E-state index contributed by atoms with van der Waals surface area (Å²) in [6, 6.07) is 17.3. The normalized spacial score (nSPS) is 10.2. The monoisotopic (exact) mass is 261 g/mol. The maximum atomic E-state index is 8.93. The molecule has 3 aromatic rings. The Morgan fingerprint density at radius 1 is 1.10 bits per heavy atom. The molecule has 3 rings (SSSR count). The van der Waals surface area contributed by atoms with E-state index in [0.29, 0.717) is 11.4 Å². The third kappa shape index (κ3) is 2.15. The molecule has 96 valence electrons. The van der Waals surface area contributed by atoms with Gasteiger partial charge >= 0.3 is 0 Å². The fourth-order valence-electron chi connectivity index (χ4n) is 1.92. The third-order valence-electron chi connectivity index (χ3n) is 3.01. The number of rotatable bonds is 2. The molecule has 0 bridgehead atoms. The smallest absolute Gasteiger partial charge is 0.192 e. The minimum atomic E-state index is 0.576. The lowest BCUT2D eigenvalue weighted by Crippen LogP contribution is -2.00. The molecule has 0 amide bonds. The van der Waals surface area contributed by atoms with Crippen LogP contribution in [0.4, 0.5) is 0 Å². The van der Waals surface area contributed by atoms with Crippen molar-refractivity contribution < 1.29 is 0 Å². The molecule has 0 saturated carbocycles. The number of aromatic nitrogens is 4. The predicted molar refractivity (Wildman–Crippen MR) is 74.0 cm³/mol. The lowest BCUT2D eigenvalue weighted by molar-refractivity contribution is 0.719. The van der Waals surface area contributed by atoms with Gasteiger partial charge in [0.1, 0.15) is 0 Å². The summed E-state index contributed by atoms with van der Waals surface area (Å²) in [6.07, 6.45) is 0. The summed E-state index contributed by atoms with van der Waals surface area (Å²) in [4.78, 5) is 1.47. The van der Waals surface area contributed by atoms with Gasteiger partial charge in [-0.05, 0) is 35.9 Å². The summed E-state index contributed by atoms with van der Waals surface area (Å²) >= 11 is 0. The van der Waals surface area contributed by atoms with E-state index in [2.05, 4.69) is 21.5 Å². The van der Waals surface area contributed by atoms with Gasteiger partial charge in [-0.2, -0.15) is 5.26 Å².